The third kappa shape index (κ3) is 4.68. The number of nitrogens with one attached hydrogen (secondary N) is 1. The first-order valence-electron chi connectivity index (χ1n) is 9.95. The molecule has 0 aliphatic heterocycles. The van der Waals surface area contributed by atoms with Crippen molar-refractivity contribution in [1.29, 1.82) is 0 Å². The van der Waals surface area contributed by atoms with E-state index in [4.69, 9.17) is 11.6 Å². The van der Waals surface area contributed by atoms with Crippen molar-refractivity contribution in [3.63, 3.8) is 0 Å². The van der Waals surface area contributed by atoms with Gasteiger partial charge in [-0.25, -0.2) is 4.68 Å². The summed E-state index contributed by atoms with van der Waals surface area (Å²) >= 11 is 6.33. The SMILES string of the molecule is O=C(NCCc1ccccc1)c1cc(-c2ccccc2Cl)nn1-c1cccc([N+](=O)[O-])c1. The number of amides is 1. The first-order valence-corrected chi connectivity index (χ1v) is 10.3. The lowest BCUT2D eigenvalue weighted by atomic mass is 10.1. The third-order valence-corrected chi connectivity index (χ3v) is 5.25. The number of hydrogen-bond acceptors (Lipinski definition) is 4. The second-order valence-electron chi connectivity index (χ2n) is 7.07. The summed E-state index contributed by atoms with van der Waals surface area (Å²) in [4.78, 5) is 23.8. The van der Waals surface area contributed by atoms with E-state index in [0.29, 0.717) is 34.9 Å². The van der Waals surface area contributed by atoms with Crippen LogP contribution in [0, 0.1) is 10.1 Å². The molecular weight excluding hydrogens is 428 g/mol. The fourth-order valence-corrected chi connectivity index (χ4v) is 3.57. The highest BCUT2D eigenvalue weighted by Gasteiger charge is 2.20. The molecule has 4 rings (SSSR count). The number of carbonyl (C=O) groups is 1. The number of nitrogens with zero attached hydrogens (tertiary/aromatic N) is 3. The molecule has 3 aromatic carbocycles. The van der Waals surface area contributed by atoms with Gasteiger partial charge in [-0.05, 0) is 30.2 Å². The molecular formula is C24H19ClN4O3. The standard InChI is InChI=1S/C24H19ClN4O3/c25-21-12-5-4-11-20(21)22-16-23(24(30)26-14-13-17-7-2-1-3-8-17)28(27-22)18-9-6-10-19(15-18)29(31)32/h1-12,15-16H,13-14H2,(H,26,30). The first kappa shape index (κ1) is 21.3. The Balaban J connectivity index is 1.68. The Kier molecular flexibility index (Phi) is 6.28. The fourth-order valence-electron chi connectivity index (χ4n) is 3.33. The summed E-state index contributed by atoms with van der Waals surface area (Å²) in [6.45, 7) is 0.435. The summed E-state index contributed by atoms with van der Waals surface area (Å²) < 4.78 is 1.41. The van der Waals surface area contributed by atoms with Crippen LogP contribution in [0.4, 0.5) is 5.69 Å². The van der Waals surface area contributed by atoms with E-state index in [-0.39, 0.29) is 17.3 Å². The minimum absolute atomic E-state index is 0.0901. The fraction of sp³-hybridized carbons (Fsp3) is 0.0833. The van der Waals surface area contributed by atoms with Crippen LogP contribution in [0.15, 0.2) is 84.9 Å². The van der Waals surface area contributed by atoms with Crippen molar-refractivity contribution in [3.8, 4) is 16.9 Å². The van der Waals surface area contributed by atoms with Crippen LogP contribution in [0.25, 0.3) is 16.9 Å². The molecule has 0 unspecified atom stereocenters. The van der Waals surface area contributed by atoms with Crippen LogP contribution in [-0.2, 0) is 6.42 Å². The Labute approximate surface area is 189 Å². The van der Waals surface area contributed by atoms with Crippen molar-refractivity contribution >= 4 is 23.2 Å². The van der Waals surface area contributed by atoms with Crippen molar-refractivity contribution in [1.82, 2.24) is 15.1 Å². The number of non-ortho nitro benzene ring substituents is 1. The predicted molar refractivity (Wildman–Crippen MR) is 123 cm³/mol. The van der Waals surface area contributed by atoms with Gasteiger partial charge in [0.1, 0.15) is 5.69 Å². The van der Waals surface area contributed by atoms with Gasteiger partial charge in [0.15, 0.2) is 0 Å². The highest BCUT2D eigenvalue weighted by Crippen LogP contribution is 2.29. The van der Waals surface area contributed by atoms with Crippen LogP contribution in [-0.4, -0.2) is 27.2 Å². The number of halogens is 1. The normalized spacial score (nSPS) is 10.7. The summed E-state index contributed by atoms with van der Waals surface area (Å²) in [5.74, 6) is -0.335. The summed E-state index contributed by atoms with van der Waals surface area (Å²) in [7, 11) is 0. The summed E-state index contributed by atoms with van der Waals surface area (Å²) in [5.41, 5.74) is 2.84. The average Bonchev–Trinajstić information content (AvgIpc) is 3.25. The molecule has 0 aliphatic carbocycles. The number of nitro benzene ring substituents is 1. The minimum atomic E-state index is -0.485. The van der Waals surface area contributed by atoms with E-state index >= 15 is 0 Å². The molecule has 8 heteroatoms. The Bertz CT molecular complexity index is 1270. The largest absolute Gasteiger partial charge is 0.350 e. The van der Waals surface area contributed by atoms with Gasteiger partial charge in [0.25, 0.3) is 11.6 Å². The van der Waals surface area contributed by atoms with Crippen LogP contribution in [0.1, 0.15) is 16.1 Å². The zero-order valence-electron chi connectivity index (χ0n) is 16.9. The monoisotopic (exact) mass is 446 g/mol. The van der Waals surface area contributed by atoms with E-state index in [1.165, 1.54) is 16.8 Å². The smallest absolute Gasteiger partial charge is 0.271 e. The molecule has 1 amide bonds. The molecule has 0 saturated heterocycles. The molecule has 0 bridgehead atoms. The summed E-state index contributed by atoms with van der Waals surface area (Å²) in [6, 6.07) is 24.6. The lowest BCUT2D eigenvalue weighted by Gasteiger charge is -2.08. The van der Waals surface area contributed by atoms with Crippen LogP contribution >= 0.6 is 11.6 Å². The lowest BCUT2D eigenvalue weighted by molar-refractivity contribution is -0.384. The zero-order valence-corrected chi connectivity index (χ0v) is 17.7. The average molecular weight is 447 g/mol. The number of hydrogen-bond donors (Lipinski definition) is 1. The van der Waals surface area contributed by atoms with Gasteiger partial charge in [0, 0.05) is 24.2 Å². The number of rotatable bonds is 7. The molecule has 1 aromatic heterocycles. The van der Waals surface area contributed by atoms with Gasteiger partial charge in [-0.1, -0.05) is 66.2 Å². The van der Waals surface area contributed by atoms with Gasteiger partial charge in [-0.15, -0.1) is 0 Å². The Morgan fingerprint density at radius 3 is 2.50 bits per heavy atom. The van der Waals surface area contributed by atoms with E-state index < -0.39 is 4.92 Å². The lowest BCUT2D eigenvalue weighted by Crippen LogP contribution is -2.27. The molecule has 0 radical (unpaired) electrons. The molecule has 0 saturated carbocycles. The van der Waals surface area contributed by atoms with Gasteiger partial charge in [-0.3, -0.25) is 14.9 Å². The van der Waals surface area contributed by atoms with Gasteiger partial charge >= 0.3 is 0 Å². The van der Waals surface area contributed by atoms with E-state index in [9.17, 15) is 14.9 Å². The molecule has 1 heterocycles. The zero-order chi connectivity index (χ0) is 22.5. The van der Waals surface area contributed by atoms with Gasteiger partial charge in [0.05, 0.1) is 21.3 Å². The number of benzene rings is 3. The molecule has 0 aliphatic rings. The van der Waals surface area contributed by atoms with Crippen molar-refractivity contribution in [2.45, 2.75) is 6.42 Å². The maximum absolute atomic E-state index is 13.0. The number of nitro groups is 1. The quantitative estimate of drug-likeness (QED) is 0.317. The third-order valence-electron chi connectivity index (χ3n) is 4.92. The van der Waals surface area contributed by atoms with Gasteiger partial charge < -0.3 is 5.32 Å². The van der Waals surface area contributed by atoms with Gasteiger partial charge in [-0.2, -0.15) is 5.10 Å². The van der Waals surface area contributed by atoms with E-state index in [1.807, 2.05) is 36.4 Å². The molecule has 0 fully saturated rings. The number of carbonyl (C=O) groups excluding carboxylic acids is 1. The topological polar surface area (TPSA) is 90.1 Å². The molecule has 0 spiro atoms. The Morgan fingerprint density at radius 1 is 1.00 bits per heavy atom. The second-order valence-corrected chi connectivity index (χ2v) is 7.48. The Morgan fingerprint density at radius 2 is 1.75 bits per heavy atom. The molecule has 160 valence electrons. The van der Waals surface area contributed by atoms with Crippen molar-refractivity contribution in [2.24, 2.45) is 0 Å². The maximum Gasteiger partial charge on any atom is 0.271 e. The summed E-state index contributed by atoms with van der Waals surface area (Å²) in [6.07, 6.45) is 0.675. The molecule has 1 N–H and O–H groups in total. The summed E-state index contributed by atoms with van der Waals surface area (Å²) in [5, 5.41) is 19.2. The van der Waals surface area contributed by atoms with Crippen LogP contribution in [0.5, 0.6) is 0 Å². The second kappa shape index (κ2) is 9.45. The highest BCUT2D eigenvalue weighted by molar-refractivity contribution is 6.33. The van der Waals surface area contributed by atoms with Gasteiger partial charge in [0.2, 0.25) is 0 Å². The molecule has 4 aromatic rings. The molecule has 0 atom stereocenters. The van der Waals surface area contributed by atoms with E-state index in [1.54, 1.807) is 36.4 Å². The van der Waals surface area contributed by atoms with Crippen molar-refractivity contribution in [3.05, 3.63) is 111 Å². The van der Waals surface area contributed by atoms with Crippen molar-refractivity contribution < 1.29 is 9.72 Å². The minimum Gasteiger partial charge on any atom is -0.350 e. The maximum atomic E-state index is 13.0. The molecule has 7 nitrogen and oxygen atoms in total. The first-order chi connectivity index (χ1) is 15.5. The van der Waals surface area contributed by atoms with Crippen molar-refractivity contribution in [2.75, 3.05) is 6.54 Å². The Hall–Kier alpha value is -3.97. The molecule has 32 heavy (non-hydrogen) atoms. The van der Waals surface area contributed by atoms with E-state index in [2.05, 4.69) is 10.4 Å². The van der Waals surface area contributed by atoms with E-state index in [0.717, 1.165) is 5.56 Å². The van der Waals surface area contributed by atoms with Crippen LogP contribution < -0.4 is 5.32 Å². The van der Waals surface area contributed by atoms with Crippen LogP contribution in [0.2, 0.25) is 5.02 Å². The highest BCUT2D eigenvalue weighted by atomic mass is 35.5. The van der Waals surface area contributed by atoms with Crippen LogP contribution in [0.3, 0.4) is 0 Å². The number of aromatic nitrogens is 2. The predicted octanol–water partition coefficient (Wildman–Crippen LogP) is 5.07.